The van der Waals surface area contributed by atoms with Gasteiger partial charge in [-0.2, -0.15) is 0 Å². The second-order valence-corrected chi connectivity index (χ2v) is 5.37. The fourth-order valence-electron chi connectivity index (χ4n) is 2.31. The summed E-state index contributed by atoms with van der Waals surface area (Å²) in [5.41, 5.74) is 0.912. The Morgan fingerprint density at radius 1 is 0.920 bits per heavy atom. The first-order valence-corrected chi connectivity index (χ1v) is 7.85. The molecule has 1 N–H and O–H groups in total. The van der Waals surface area contributed by atoms with E-state index in [0.29, 0.717) is 17.2 Å². The molecule has 2 rings (SSSR count). The summed E-state index contributed by atoms with van der Waals surface area (Å²) in [6.07, 6.45) is 0. The molecule has 2 aromatic rings. The third-order valence-electron chi connectivity index (χ3n) is 3.71. The van der Waals surface area contributed by atoms with Gasteiger partial charge in [-0.25, -0.2) is 0 Å². The molecule has 0 heterocycles. The largest absolute Gasteiger partial charge is 0.497 e. The van der Waals surface area contributed by atoms with E-state index in [1.54, 1.807) is 45.6 Å². The molecule has 0 radical (unpaired) electrons. The zero-order valence-corrected chi connectivity index (χ0v) is 14.9. The molecule has 2 aromatic carbocycles. The van der Waals surface area contributed by atoms with Crippen LogP contribution in [0.5, 0.6) is 23.0 Å². The van der Waals surface area contributed by atoms with Gasteiger partial charge in [0.15, 0.2) is 18.1 Å². The Morgan fingerprint density at radius 3 is 2.16 bits per heavy atom. The Labute approximate surface area is 147 Å². The molecular weight excluding hydrogens is 322 g/mol. The lowest BCUT2D eigenvalue weighted by Gasteiger charge is -2.17. The van der Waals surface area contributed by atoms with Crippen molar-refractivity contribution in [2.24, 2.45) is 0 Å². The van der Waals surface area contributed by atoms with Crippen LogP contribution in [0, 0.1) is 0 Å². The average molecular weight is 345 g/mol. The van der Waals surface area contributed by atoms with Crippen molar-refractivity contribution >= 4 is 5.91 Å². The van der Waals surface area contributed by atoms with Crippen molar-refractivity contribution in [3.05, 3.63) is 48.0 Å². The minimum absolute atomic E-state index is 0.0655. The highest BCUT2D eigenvalue weighted by atomic mass is 16.5. The Balaban J connectivity index is 1.90. The smallest absolute Gasteiger partial charge is 0.258 e. The van der Waals surface area contributed by atoms with E-state index in [0.717, 1.165) is 11.3 Å². The summed E-state index contributed by atoms with van der Waals surface area (Å²) in [5.74, 6) is 2.40. The van der Waals surface area contributed by atoms with E-state index in [2.05, 4.69) is 5.32 Å². The molecule has 0 aliphatic rings. The van der Waals surface area contributed by atoms with Crippen molar-refractivity contribution < 1.29 is 23.7 Å². The van der Waals surface area contributed by atoms with Gasteiger partial charge in [-0.1, -0.05) is 6.07 Å². The first-order chi connectivity index (χ1) is 12.1. The number of nitrogens with one attached hydrogen (secondary N) is 1. The van der Waals surface area contributed by atoms with Crippen LogP contribution < -0.4 is 24.3 Å². The van der Waals surface area contributed by atoms with E-state index < -0.39 is 0 Å². The van der Waals surface area contributed by atoms with Crippen molar-refractivity contribution in [1.82, 2.24) is 5.32 Å². The van der Waals surface area contributed by atoms with Gasteiger partial charge in [0.05, 0.1) is 27.4 Å². The fraction of sp³-hybridized carbons (Fsp3) is 0.316. The quantitative estimate of drug-likeness (QED) is 0.797. The van der Waals surface area contributed by atoms with Crippen LogP contribution in [0.3, 0.4) is 0 Å². The van der Waals surface area contributed by atoms with Crippen molar-refractivity contribution in [3.63, 3.8) is 0 Å². The van der Waals surface area contributed by atoms with E-state index in [1.807, 2.05) is 25.1 Å². The number of ether oxygens (including phenoxy) is 4. The van der Waals surface area contributed by atoms with Gasteiger partial charge in [0.25, 0.3) is 5.91 Å². The lowest BCUT2D eigenvalue weighted by molar-refractivity contribution is -0.123. The van der Waals surface area contributed by atoms with Crippen molar-refractivity contribution in [2.75, 3.05) is 27.9 Å². The molecule has 25 heavy (non-hydrogen) atoms. The molecule has 6 nitrogen and oxygen atoms in total. The highest BCUT2D eigenvalue weighted by Gasteiger charge is 2.13. The molecule has 1 atom stereocenters. The number of rotatable bonds is 8. The fourth-order valence-corrected chi connectivity index (χ4v) is 2.31. The first kappa shape index (κ1) is 18.4. The summed E-state index contributed by atoms with van der Waals surface area (Å²) in [5, 5.41) is 2.89. The van der Waals surface area contributed by atoms with Crippen molar-refractivity contribution in [2.45, 2.75) is 13.0 Å². The third kappa shape index (κ3) is 5.04. The molecule has 6 heteroatoms. The number of carbonyl (C=O) groups is 1. The Morgan fingerprint density at radius 2 is 1.56 bits per heavy atom. The van der Waals surface area contributed by atoms with Gasteiger partial charge in [-0.15, -0.1) is 0 Å². The predicted octanol–water partition coefficient (Wildman–Crippen LogP) is 2.97. The van der Waals surface area contributed by atoms with Crippen LogP contribution >= 0.6 is 0 Å². The van der Waals surface area contributed by atoms with Crippen LogP contribution in [0.1, 0.15) is 18.5 Å². The molecule has 0 aliphatic heterocycles. The topological polar surface area (TPSA) is 66.0 Å². The van der Waals surface area contributed by atoms with Gasteiger partial charge < -0.3 is 24.3 Å². The Kier molecular flexibility index (Phi) is 6.51. The van der Waals surface area contributed by atoms with E-state index in [-0.39, 0.29) is 18.6 Å². The summed E-state index contributed by atoms with van der Waals surface area (Å²) in [4.78, 5) is 12.1. The molecule has 0 unspecified atom stereocenters. The SMILES string of the molecule is COc1ccc(OCC(=O)N[C@H](C)c2ccc(OC)c(OC)c2)cc1. The van der Waals surface area contributed by atoms with Gasteiger partial charge in [-0.05, 0) is 48.9 Å². The zero-order valence-electron chi connectivity index (χ0n) is 14.9. The van der Waals surface area contributed by atoms with Gasteiger partial charge in [0, 0.05) is 0 Å². The van der Waals surface area contributed by atoms with Crippen LogP contribution in [0.25, 0.3) is 0 Å². The third-order valence-corrected chi connectivity index (χ3v) is 3.71. The van der Waals surface area contributed by atoms with Gasteiger partial charge >= 0.3 is 0 Å². The summed E-state index contributed by atoms with van der Waals surface area (Å²) in [6, 6.07) is 12.4. The summed E-state index contributed by atoms with van der Waals surface area (Å²) >= 11 is 0. The molecule has 1 amide bonds. The van der Waals surface area contributed by atoms with E-state index in [9.17, 15) is 4.79 Å². The van der Waals surface area contributed by atoms with Gasteiger partial charge in [0.2, 0.25) is 0 Å². The van der Waals surface area contributed by atoms with Crippen molar-refractivity contribution in [1.29, 1.82) is 0 Å². The molecule has 134 valence electrons. The normalized spacial score (nSPS) is 11.4. The standard InChI is InChI=1S/C19H23NO5/c1-13(14-5-10-17(23-3)18(11-14)24-4)20-19(21)12-25-16-8-6-15(22-2)7-9-16/h5-11,13H,12H2,1-4H3,(H,20,21)/t13-/m1/s1. The number of amides is 1. The molecule has 0 saturated carbocycles. The van der Waals surface area contributed by atoms with E-state index >= 15 is 0 Å². The number of methoxy groups -OCH3 is 3. The summed E-state index contributed by atoms with van der Waals surface area (Å²) in [7, 11) is 4.76. The minimum atomic E-state index is -0.210. The highest BCUT2D eigenvalue weighted by molar-refractivity contribution is 5.78. The van der Waals surface area contributed by atoms with E-state index in [4.69, 9.17) is 18.9 Å². The molecule has 0 aliphatic carbocycles. The van der Waals surface area contributed by atoms with Gasteiger partial charge in [-0.3, -0.25) is 4.79 Å². The molecule has 0 spiro atoms. The molecular formula is C19H23NO5. The number of hydrogen-bond donors (Lipinski definition) is 1. The number of carbonyl (C=O) groups excluding carboxylic acids is 1. The van der Waals surface area contributed by atoms with Crippen molar-refractivity contribution in [3.8, 4) is 23.0 Å². The number of benzene rings is 2. The second-order valence-electron chi connectivity index (χ2n) is 5.37. The lowest BCUT2D eigenvalue weighted by atomic mass is 10.1. The Bertz CT molecular complexity index is 699. The second kappa shape index (κ2) is 8.82. The Hall–Kier alpha value is -2.89. The van der Waals surface area contributed by atoms with E-state index in [1.165, 1.54) is 0 Å². The van der Waals surface area contributed by atoms with Crippen LogP contribution in [-0.2, 0) is 4.79 Å². The zero-order chi connectivity index (χ0) is 18.2. The lowest BCUT2D eigenvalue weighted by Crippen LogP contribution is -2.31. The maximum Gasteiger partial charge on any atom is 0.258 e. The maximum absolute atomic E-state index is 12.1. The van der Waals surface area contributed by atoms with Crippen LogP contribution in [0.2, 0.25) is 0 Å². The van der Waals surface area contributed by atoms with Crippen LogP contribution in [0.4, 0.5) is 0 Å². The first-order valence-electron chi connectivity index (χ1n) is 7.85. The van der Waals surface area contributed by atoms with Gasteiger partial charge in [0.1, 0.15) is 11.5 Å². The minimum Gasteiger partial charge on any atom is -0.497 e. The summed E-state index contributed by atoms with van der Waals surface area (Å²) in [6.45, 7) is 1.83. The highest BCUT2D eigenvalue weighted by Crippen LogP contribution is 2.29. The monoisotopic (exact) mass is 345 g/mol. The summed E-state index contributed by atoms with van der Waals surface area (Å²) < 4.78 is 21.0. The molecule has 0 aromatic heterocycles. The molecule has 0 bridgehead atoms. The number of hydrogen-bond acceptors (Lipinski definition) is 5. The predicted molar refractivity (Wildman–Crippen MR) is 94.6 cm³/mol. The molecule has 0 saturated heterocycles. The average Bonchev–Trinajstić information content (AvgIpc) is 2.66. The maximum atomic E-state index is 12.1. The molecule has 0 fully saturated rings. The van der Waals surface area contributed by atoms with Crippen LogP contribution in [-0.4, -0.2) is 33.8 Å². The van der Waals surface area contributed by atoms with Crippen LogP contribution in [0.15, 0.2) is 42.5 Å².